The van der Waals surface area contributed by atoms with Gasteiger partial charge < -0.3 is 5.32 Å². The lowest BCUT2D eigenvalue weighted by atomic mass is 10.1. The highest BCUT2D eigenvalue weighted by molar-refractivity contribution is 6.05. The van der Waals surface area contributed by atoms with Gasteiger partial charge in [-0.15, -0.1) is 0 Å². The van der Waals surface area contributed by atoms with Gasteiger partial charge in [0.1, 0.15) is 0 Å². The smallest absolute Gasteiger partial charge is 0.246 e. The number of nitrogens with one attached hydrogen (secondary N) is 1. The first-order valence-electron chi connectivity index (χ1n) is 6.72. The number of likely N-dealkylation sites (tertiary alicyclic amines) is 1. The molecule has 1 saturated heterocycles. The lowest BCUT2D eigenvalue weighted by Crippen LogP contribution is -2.38. The maximum absolute atomic E-state index is 12.0. The predicted molar refractivity (Wildman–Crippen MR) is 73.4 cm³/mol. The molecule has 0 saturated carbocycles. The van der Waals surface area contributed by atoms with Crippen LogP contribution in [0.15, 0.2) is 24.3 Å². The number of imide groups is 1. The Hall–Kier alpha value is -2.19. The average Bonchev–Trinajstić information content (AvgIpc) is 2.73. The number of carbonyl (C=O) groups excluding carboxylic acids is 2. The highest BCUT2D eigenvalue weighted by Crippen LogP contribution is 2.14. The highest BCUT2D eigenvalue weighted by Gasteiger charge is 2.37. The van der Waals surface area contributed by atoms with Crippen molar-refractivity contribution < 1.29 is 9.59 Å². The van der Waals surface area contributed by atoms with Crippen molar-refractivity contribution in [2.75, 3.05) is 6.54 Å². The van der Waals surface area contributed by atoms with E-state index in [-0.39, 0.29) is 18.2 Å². The molecule has 2 amide bonds. The summed E-state index contributed by atoms with van der Waals surface area (Å²) >= 11 is 0. The fourth-order valence-corrected chi connectivity index (χ4v) is 2.24. The summed E-state index contributed by atoms with van der Waals surface area (Å²) in [7, 11) is 0. The molecule has 20 heavy (non-hydrogen) atoms. The Bertz CT molecular complexity index is 545. The van der Waals surface area contributed by atoms with E-state index in [2.05, 4.69) is 11.4 Å². The molecule has 1 unspecified atom stereocenters. The van der Waals surface area contributed by atoms with Crippen molar-refractivity contribution in [2.24, 2.45) is 0 Å². The molecule has 1 aliphatic heterocycles. The van der Waals surface area contributed by atoms with Crippen molar-refractivity contribution in [1.29, 1.82) is 5.26 Å². The number of benzene rings is 1. The third kappa shape index (κ3) is 3.03. The van der Waals surface area contributed by atoms with Crippen LogP contribution in [0.2, 0.25) is 0 Å². The molecular formula is C15H17N3O2. The van der Waals surface area contributed by atoms with E-state index in [0.29, 0.717) is 18.7 Å². The minimum absolute atomic E-state index is 0.103. The van der Waals surface area contributed by atoms with Crippen molar-refractivity contribution in [3.05, 3.63) is 35.4 Å². The zero-order valence-electron chi connectivity index (χ0n) is 11.4. The number of hydrogen-bond acceptors (Lipinski definition) is 4. The number of hydrogen-bond donors (Lipinski definition) is 1. The fourth-order valence-electron chi connectivity index (χ4n) is 2.24. The summed E-state index contributed by atoms with van der Waals surface area (Å²) in [4.78, 5) is 25.1. The molecule has 1 atom stereocenters. The standard InChI is InChI=1S/C15H17N3O2/c1-2-7-18-14(19)8-13(15(18)20)17-10-12-5-3-11(9-16)4-6-12/h3-6,13,17H,2,7-8,10H2,1H3. The van der Waals surface area contributed by atoms with Crippen LogP contribution in [0.1, 0.15) is 30.9 Å². The number of carbonyl (C=O) groups is 2. The second kappa shape index (κ2) is 6.31. The summed E-state index contributed by atoms with van der Waals surface area (Å²) < 4.78 is 0. The molecule has 0 aromatic heterocycles. The van der Waals surface area contributed by atoms with E-state index in [1.165, 1.54) is 4.90 Å². The molecule has 0 bridgehead atoms. The maximum atomic E-state index is 12.0. The van der Waals surface area contributed by atoms with Gasteiger partial charge in [-0.25, -0.2) is 0 Å². The minimum Gasteiger partial charge on any atom is -0.301 e. The average molecular weight is 271 g/mol. The van der Waals surface area contributed by atoms with Crippen molar-refractivity contribution in [2.45, 2.75) is 32.4 Å². The summed E-state index contributed by atoms with van der Waals surface area (Å²) in [6.07, 6.45) is 1.01. The molecule has 1 aliphatic rings. The summed E-state index contributed by atoms with van der Waals surface area (Å²) in [5.41, 5.74) is 1.59. The van der Waals surface area contributed by atoms with Gasteiger partial charge >= 0.3 is 0 Å². The van der Waals surface area contributed by atoms with E-state index in [0.717, 1.165) is 12.0 Å². The Labute approximate surface area is 118 Å². The Morgan fingerprint density at radius 1 is 1.35 bits per heavy atom. The van der Waals surface area contributed by atoms with Crippen LogP contribution < -0.4 is 5.32 Å². The van der Waals surface area contributed by atoms with Crippen LogP contribution in [0.3, 0.4) is 0 Å². The second-order valence-electron chi connectivity index (χ2n) is 4.83. The first-order valence-corrected chi connectivity index (χ1v) is 6.72. The van der Waals surface area contributed by atoms with E-state index >= 15 is 0 Å². The van der Waals surface area contributed by atoms with Crippen LogP contribution in [-0.2, 0) is 16.1 Å². The Morgan fingerprint density at radius 3 is 2.65 bits per heavy atom. The van der Waals surface area contributed by atoms with E-state index in [9.17, 15) is 9.59 Å². The molecule has 5 heteroatoms. The Kier molecular flexibility index (Phi) is 4.49. The number of amides is 2. The van der Waals surface area contributed by atoms with Gasteiger partial charge in [-0.3, -0.25) is 14.5 Å². The molecule has 1 fully saturated rings. The van der Waals surface area contributed by atoms with E-state index in [1.54, 1.807) is 12.1 Å². The topological polar surface area (TPSA) is 73.2 Å². The molecule has 1 N–H and O–H groups in total. The minimum atomic E-state index is -0.426. The van der Waals surface area contributed by atoms with Crippen molar-refractivity contribution >= 4 is 11.8 Å². The summed E-state index contributed by atoms with van der Waals surface area (Å²) in [5.74, 6) is -0.236. The molecule has 0 spiro atoms. The molecule has 5 nitrogen and oxygen atoms in total. The van der Waals surface area contributed by atoms with Crippen LogP contribution in [0.4, 0.5) is 0 Å². The molecule has 1 aromatic carbocycles. The molecular weight excluding hydrogens is 254 g/mol. The van der Waals surface area contributed by atoms with E-state index in [4.69, 9.17) is 5.26 Å². The quantitative estimate of drug-likeness (QED) is 0.816. The SMILES string of the molecule is CCCN1C(=O)CC(NCc2ccc(C#N)cc2)C1=O. The van der Waals surface area contributed by atoms with Gasteiger partial charge in [0.2, 0.25) is 11.8 Å². The lowest BCUT2D eigenvalue weighted by molar-refractivity contribution is -0.138. The Balaban J connectivity index is 1.92. The number of rotatable bonds is 5. The van der Waals surface area contributed by atoms with Crippen LogP contribution in [0.25, 0.3) is 0 Å². The van der Waals surface area contributed by atoms with Crippen molar-refractivity contribution in [3.63, 3.8) is 0 Å². The van der Waals surface area contributed by atoms with Gasteiger partial charge in [0.25, 0.3) is 0 Å². The van der Waals surface area contributed by atoms with Gasteiger partial charge in [-0.05, 0) is 24.1 Å². The summed E-state index contributed by atoms with van der Waals surface area (Å²) in [5, 5.41) is 11.8. The first kappa shape index (κ1) is 14.2. The summed E-state index contributed by atoms with van der Waals surface area (Å²) in [6, 6.07) is 8.80. The molecule has 2 rings (SSSR count). The zero-order chi connectivity index (χ0) is 14.5. The largest absolute Gasteiger partial charge is 0.301 e. The van der Waals surface area contributed by atoms with Crippen LogP contribution in [-0.4, -0.2) is 29.3 Å². The molecule has 104 valence electrons. The fraction of sp³-hybridized carbons (Fsp3) is 0.400. The number of nitrogens with zero attached hydrogens (tertiary/aromatic N) is 2. The monoisotopic (exact) mass is 271 g/mol. The van der Waals surface area contributed by atoms with Crippen molar-refractivity contribution in [3.8, 4) is 6.07 Å². The van der Waals surface area contributed by atoms with Gasteiger partial charge in [-0.1, -0.05) is 19.1 Å². The molecule has 0 aliphatic carbocycles. The molecule has 1 heterocycles. The van der Waals surface area contributed by atoms with Crippen LogP contribution in [0, 0.1) is 11.3 Å². The van der Waals surface area contributed by atoms with Crippen LogP contribution >= 0.6 is 0 Å². The van der Waals surface area contributed by atoms with E-state index in [1.807, 2.05) is 19.1 Å². The maximum Gasteiger partial charge on any atom is 0.246 e. The van der Waals surface area contributed by atoms with E-state index < -0.39 is 6.04 Å². The zero-order valence-corrected chi connectivity index (χ0v) is 11.4. The first-order chi connectivity index (χ1) is 9.65. The molecule has 1 aromatic rings. The molecule has 0 radical (unpaired) electrons. The Morgan fingerprint density at radius 2 is 2.05 bits per heavy atom. The second-order valence-corrected chi connectivity index (χ2v) is 4.83. The third-order valence-electron chi connectivity index (χ3n) is 3.33. The van der Waals surface area contributed by atoms with Gasteiger partial charge in [0, 0.05) is 13.1 Å². The van der Waals surface area contributed by atoms with Crippen molar-refractivity contribution in [1.82, 2.24) is 10.2 Å². The van der Waals surface area contributed by atoms with Gasteiger partial charge in [-0.2, -0.15) is 5.26 Å². The third-order valence-corrected chi connectivity index (χ3v) is 3.33. The number of nitriles is 1. The van der Waals surface area contributed by atoms with Gasteiger partial charge in [0.05, 0.1) is 24.1 Å². The van der Waals surface area contributed by atoms with Gasteiger partial charge in [0.15, 0.2) is 0 Å². The summed E-state index contributed by atoms with van der Waals surface area (Å²) in [6.45, 7) is 2.94. The highest BCUT2D eigenvalue weighted by atomic mass is 16.2. The van der Waals surface area contributed by atoms with Crippen LogP contribution in [0.5, 0.6) is 0 Å². The lowest BCUT2D eigenvalue weighted by Gasteiger charge is -2.14. The normalized spacial score (nSPS) is 18.4. The predicted octanol–water partition coefficient (Wildman–Crippen LogP) is 1.19.